The van der Waals surface area contributed by atoms with E-state index in [4.69, 9.17) is 11.5 Å². The summed E-state index contributed by atoms with van der Waals surface area (Å²) in [6, 6.07) is 21.2. The maximum absolute atomic E-state index is 12.2. The smallest absolute Gasteiger partial charge is 0.237 e. The molecule has 0 aliphatic rings. The molecule has 0 spiro atoms. The number of hydrogen-bond donors (Lipinski definition) is 3. The number of anilines is 1. The summed E-state index contributed by atoms with van der Waals surface area (Å²) in [6.45, 7) is 0.382. The Hall–Kier alpha value is -3.18. The Morgan fingerprint density at radius 1 is 0.923 bits per heavy atom. The van der Waals surface area contributed by atoms with Crippen molar-refractivity contribution >= 4 is 11.7 Å². The number of carbonyl (C=O) groups excluding carboxylic acids is 1. The molecule has 1 aromatic heterocycles. The number of amides is 1. The van der Waals surface area contributed by atoms with Crippen LogP contribution in [0.1, 0.15) is 11.1 Å². The zero-order valence-corrected chi connectivity index (χ0v) is 14.4. The third-order valence-electron chi connectivity index (χ3n) is 4.17. The molecule has 0 unspecified atom stereocenters. The van der Waals surface area contributed by atoms with Gasteiger partial charge in [0.25, 0.3) is 0 Å². The van der Waals surface area contributed by atoms with Crippen molar-refractivity contribution in [1.29, 1.82) is 0 Å². The molecule has 5 N–H and O–H groups in total. The first-order chi connectivity index (χ1) is 12.6. The number of nitrogens with zero attached hydrogens (tertiary/aromatic N) is 1. The minimum Gasteiger partial charge on any atom is -0.384 e. The predicted octanol–water partition coefficient (Wildman–Crippen LogP) is 2.52. The second kappa shape index (κ2) is 8.27. The fourth-order valence-corrected chi connectivity index (χ4v) is 2.67. The average molecular weight is 346 g/mol. The molecular weight excluding hydrogens is 324 g/mol. The van der Waals surface area contributed by atoms with Gasteiger partial charge in [-0.25, -0.2) is 4.98 Å². The summed E-state index contributed by atoms with van der Waals surface area (Å²) in [6.07, 6.45) is 2.13. The number of rotatable bonds is 6. The molecule has 0 aliphatic heterocycles. The number of aromatic nitrogens is 1. The minimum atomic E-state index is -0.598. The molecule has 3 rings (SSSR count). The van der Waals surface area contributed by atoms with Crippen LogP contribution in [-0.2, 0) is 17.8 Å². The van der Waals surface area contributed by atoms with E-state index >= 15 is 0 Å². The number of nitrogens with one attached hydrogen (secondary N) is 1. The fourth-order valence-electron chi connectivity index (χ4n) is 2.67. The van der Waals surface area contributed by atoms with Gasteiger partial charge in [0.1, 0.15) is 5.82 Å². The number of benzene rings is 2. The molecule has 26 heavy (non-hydrogen) atoms. The number of nitrogens with two attached hydrogens (primary N) is 2. The molecule has 5 heteroatoms. The van der Waals surface area contributed by atoms with Crippen LogP contribution in [0.25, 0.3) is 11.1 Å². The van der Waals surface area contributed by atoms with Crippen LogP contribution in [0.4, 0.5) is 5.82 Å². The molecule has 0 fully saturated rings. The second-order valence-electron chi connectivity index (χ2n) is 6.18. The number of pyridine rings is 1. The van der Waals surface area contributed by atoms with Gasteiger partial charge in [0, 0.05) is 12.7 Å². The summed E-state index contributed by atoms with van der Waals surface area (Å²) in [5, 5.41) is 2.83. The first-order valence-corrected chi connectivity index (χ1v) is 8.50. The van der Waals surface area contributed by atoms with Crippen molar-refractivity contribution < 1.29 is 4.79 Å². The van der Waals surface area contributed by atoms with Crippen LogP contribution in [0.2, 0.25) is 0 Å². The van der Waals surface area contributed by atoms with E-state index in [1.807, 2.05) is 36.4 Å². The Morgan fingerprint density at radius 2 is 1.58 bits per heavy atom. The quantitative estimate of drug-likeness (QED) is 0.639. The molecule has 1 heterocycles. The normalized spacial score (nSPS) is 11.7. The van der Waals surface area contributed by atoms with Gasteiger partial charge in [-0.2, -0.15) is 0 Å². The highest BCUT2D eigenvalue weighted by Crippen LogP contribution is 2.19. The molecule has 0 aliphatic carbocycles. The van der Waals surface area contributed by atoms with Gasteiger partial charge in [0.05, 0.1) is 6.04 Å². The number of hydrogen-bond acceptors (Lipinski definition) is 4. The van der Waals surface area contributed by atoms with Gasteiger partial charge in [-0.15, -0.1) is 0 Å². The third kappa shape index (κ3) is 4.68. The first kappa shape index (κ1) is 17.6. The maximum Gasteiger partial charge on any atom is 0.237 e. The lowest BCUT2D eigenvalue weighted by Gasteiger charge is -2.13. The van der Waals surface area contributed by atoms with Gasteiger partial charge in [-0.05, 0) is 34.7 Å². The SMILES string of the molecule is Nc1ccc(CNC(=O)[C@@H](N)Cc2ccc(-c3ccccc3)cc2)cn1. The van der Waals surface area contributed by atoms with Crippen LogP contribution in [0.5, 0.6) is 0 Å². The van der Waals surface area contributed by atoms with Crippen LogP contribution >= 0.6 is 0 Å². The van der Waals surface area contributed by atoms with E-state index in [0.29, 0.717) is 18.8 Å². The standard InChI is InChI=1S/C21H22N4O/c22-19(21(26)25-14-16-8-11-20(23)24-13-16)12-15-6-9-18(10-7-15)17-4-2-1-3-5-17/h1-11,13,19H,12,14,22H2,(H2,23,24)(H,25,26)/t19-/m0/s1. The maximum atomic E-state index is 12.2. The van der Waals surface area contributed by atoms with E-state index < -0.39 is 6.04 Å². The zero-order chi connectivity index (χ0) is 18.4. The van der Waals surface area contributed by atoms with Gasteiger partial charge in [0.2, 0.25) is 5.91 Å². The summed E-state index contributed by atoms with van der Waals surface area (Å²) in [7, 11) is 0. The second-order valence-corrected chi connectivity index (χ2v) is 6.18. The molecule has 0 radical (unpaired) electrons. The Bertz CT molecular complexity index is 845. The average Bonchev–Trinajstić information content (AvgIpc) is 2.68. The van der Waals surface area contributed by atoms with Gasteiger partial charge in [0.15, 0.2) is 0 Å². The zero-order valence-electron chi connectivity index (χ0n) is 14.4. The van der Waals surface area contributed by atoms with Crippen molar-refractivity contribution in [3.05, 3.63) is 84.1 Å². The van der Waals surface area contributed by atoms with Crippen molar-refractivity contribution in [2.75, 3.05) is 5.73 Å². The van der Waals surface area contributed by atoms with Crippen molar-refractivity contribution in [1.82, 2.24) is 10.3 Å². The third-order valence-corrected chi connectivity index (χ3v) is 4.17. The molecular formula is C21H22N4O. The minimum absolute atomic E-state index is 0.186. The van der Waals surface area contributed by atoms with Crippen LogP contribution in [-0.4, -0.2) is 16.9 Å². The summed E-state index contributed by atoms with van der Waals surface area (Å²) in [4.78, 5) is 16.2. The summed E-state index contributed by atoms with van der Waals surface area (Å²) >= 11 is 0. The lowest BCUT2D eigenvalue weighted by molar-refractivity contribution is -0.122. The van der Waals surface area contributed by atoms with E-state index in [1.165, 1.54) is 0 Å². The van der Waals surface area contributed by atoms with E-state index in [9.17, 15) is 4.79 Å². The van der Waals surface area contributed by atoms with Crippen LogP contribution in [0, 0.1) is 0 Å². The van der Waals surface area contributed by atoms with Crippen molar-refractivity contribution in [2.45, 2.75) is 19.0 Å². The van der Waals surface area contributed by atoms with Gasteiger partial charge in [-0.3, -0.25) is 4.79 Å². The Morgan fingerprint density at radius 3 is 2.23 bits per heavy atom. The van der Waals surface area contributed by atoms with Crippen molar-refractivity contribution in [3.63, 3.8) is 0 Å². The van der Waals surface area contributed by atoms with Crippen LogP contribution in [0.15, 0.2) is 72.9 Å². The molecule has 1 amide bonds. The molecule has 3 aromatic rings. The fraction of sp³-hybridized carbons (Fsp3) is 0.143. The lowest BCUT2D eigenvalue weighted by atomic mass is 10.0. The summed E-state index contributed by atoms with van der Waals surface area (Å²) in [5.41, 5.74) is 15.8. The van der Waals surface area contributed by atoms with Crippen molar-refractivity contribution in [2.24, 2.45) is 5.73 Å². The summed E-state index contributed by atoms with van der Waals surface area (Å²) in [5.74, 6) is 0.268. The van der Waals surface area contributed by atoms with Gasteiger partial charge in [-0.1, -0.05) is 60.7 Å². The number of carbonyl (C=O) groups is 1. The highest BCUT2D eigenvalue weighted by Gasteiger charge is 2.14. The van der Waals surface area contributed by atoms with Crippen LogP contribution in [0.3, 0.4) is 0 Å². The Labute approximate surface area is 153 Å². The van der Waals surface area contributed by atoms with E-state index in [0.717, 1.165) is 22.3 Å². The predicted molar refractivity (Wildman–Crippen MR) is 104 cm³/mol. The first-order valence-electron chi connectivity index (χ1n) is 8.50. The molecule has 0 bridgehead atoms. The van der Waals surface area contributed by atoms with Crippen LogP contribution < -0.4 is 16.8 Å². The van der Waals surface area contributed by atoms with E-state index in [2.05, 4.69) is 34.6 Å². The van der Waals surface area contributed by atoms with E-state index in [1.54, 1.807) is 12.3 Å². The summed E-state index contributed by atoms with van der Waals surface area (Å²) < 4.78 is 0. The molecule has 1 atom stereocenters. The molecule has 0 saturated carbocycles. The van der Waals surface area contributed by atoms with Gasteiger partial charge >= 0.3 is 0 Å². The molecule has 5 nitrogen and oxygen atoms in total. The topological polar surface area (TPSA) is 94.0 Å². The Kier molecular flexibility index (Phi) is 5.61. The highest BCUT2D eigenvalue weighted by molar-refractivity contribution is 5.81. The Balaban J connectivity index is 1.54. The van der Waals surface area contributed by atoms with E-state index in [-0.39, 0.29) is 5.91 Å². The largest absolute Gasteiger partial charge is 0.384 e. The number of nitrogen functional groups attached to an aromatic ring is 1. The highest BCUT2D eigenvalue weighted by atomic mass is 16.2. The molecule has 0 saturated heterocycles. The van der Waals surface area contributed by atoms with Crippen molar-refractivity contribution in [3.8, 4) is 11.1 Å². The monoisotopic (exact) mass is 346 g/mol. The lowest BCUT2D eigenvalue weighted by Crippen LogP contribution is -2.41. The molecule has 132 valence electrons. The van der Waals surface area contributed by atoms with Gasteiger partial charge < -0.3 is 16.8 Å². The molecule has 2 aromatic carbocycles.